The van der Waals surface area contributed by atoms with Gasteiger partial charge in [-0.2, -0.15) is 0 Å². The molecule has 1 fully saturated rings. The van der Waals surface area contributed by atoms with Gasteiger partial charge in [-0.05, 0) is 24.6 Å². The molecule has 3 rings (SSSR count). The highest BCUT2D eigenvalue weighted by atomic mass is 35.5. The number of amides is 2. The van der Waals surface area contributed by atoms with Gasteiger partial charge in [-0.1, -0.05) is 18.5 Å². The van der Waals surface area contributed by atoms with E-state index in [9.17, 15) is 4.79 Å². The third kappa shape index (κ3) is 2.45. The van der Waals surface area contributed by atoms with Crippen molar-refractivity contribution in [2.24, 2.45) is 0 Å². The van der Waals surface area contributed by atoms with Crippen LogP contribution in [0.4, 0.5) is 16.3 Å². The Balaban J connectivity index is 1.93. The number of carbonyl (C=O) groups excluding carboxylic acids is 1. The predicted molar refractivity (Wildman–Crippen MR) is 83.0 cm³/mol. The molecule has 2 aromatic rings. The molecule has 21 heavy (non-hydrogen) atoms. The smallest absolute Gasteiger partial charge is 0.291 e. The van der Waals surface area contributed by atoms with Crippen molar-refractivity contribution >= 4 is 29.1 Å². The van der Waals surface area contributed by atoms with Gasteiger partial charge in [0.05, 0.1) is 11.9 Å². The third-order valence-electron chi connectivity index (χ3n) is 3.55. The second-order valence-electron chi connectivity index (χ2n) is 4.75. The van der Waals surface area contributed by atoms with Crippen LogP contribution in [0.5, 0.6) is 0 Å². The lowest BCUT2D eigenvalue weighted by Gasteiger charge is -2.20. The Kier molecular flexibility index (Phi) is 3.75. The van der Waals surface area contributed by atoms with Crippen molar-refractivity contribution in [2.75, 3.05) is 22.9 Å². The molecule has 6 heteroatoms. The van der Waals surface area contributed by atoms with Crippen molar-refractivity contribution in [1.82, 2.24) is 9.97 Å². The third-order valence-corrected chi connectivity index (χ3v) is 3.91. The van der Waals surface area contributed by atoms with Gasteiger partial charge in [-0.25, -0.2) is 9.78 Å². The van der Waals surface area contributed by atoms with Crippen LogP contribution in [0.25, 0.3) is 0 Å². The number of aromatic nitrogens is 2. The number of hydrogen-bond acceptors (Lipinski definition) is 3. The van der Waals surface area contributed by atoms with Crippen LogP contribution < -0.4 is 9.80 Å². The zero-order valence-corrected chi connectivity index (χ0v) is 12.4. The van der Waals surface area contributed by atoms with E-state index in [0.717, 1.165) is 17.7 Å². The molecule has 0 unspecified atom stereocenters. The van der Waals surface area contributed by atoms with Crippen LogP contribution >= 0.6 is 11.6 Å². The maximum absolute atomic E-state index is 12.6. The molecular formula is C15H15ClN4O. The molecular weight excluding hydrogens is 288 g/mol. The van der Waals surface area contributed by atoms with Gasteiger partial charge in [0.2, 0.25) is 0 Å². The van der Waals surface area contributed by atoms with Crippen molar-refractivity contribution in [3.05, 3.63) is 47.4 Å². The molecule has 108 valence electrons. The van der Waals surface area contributed by atoms with E-state index < -0.39 is 0 Å². The Morgan fingerprint density at radius 3 is 2.76 bits per heavy atom. The lowest BCUT2D eigenvalue weighted by molar-refractivity contribution is 0.255. The number of halogens is 1. The maximum atomic E-state index is 12.6. The molecule has 0 aromatic carbocycles. The summed E-state index contributed by atoms with van der Waals surface area (Å²) >= 11 is 6.21. The summed E-state index contributed by atoms with van der Waals surface area (Å²) in [6.45, 7) is 3.21. The highest BCUT2D eigenvalue weighted by molar-refractivity contribution is 6.31. The second-order valence-corrected chi connectivity index (χ2v) is 5.15. The average molecular weight is 303 g/mol. The molecule has 1 aliphatic rings. The van der Waals surface area contributed by atoms with E-state index >= 15 is 0 Å². The Hall–Kier alpha value is -2.14. The van der Waals surface area contributed by atoms with Gasteiger partial charge in [-0.15, -0.1) is 0 Å². The van der Waals surface area contributed by atoms with Crippen LogP contribution in [0, 0.1) is 0 Å². The molecule has 2 aromatic heterocycles. The first-order chi connectivity index (χ1) is 10.2. The Morgan fingerprint density at radius 1 is 1.24 bits per heavy atom. The van der Waals surface area contributed by atoms with E-state index in [0.29, 0.717) is 23.9 Å². The summed E-state index contributed by atoms with van der Waals surface area (Å²) in [5.41, 5.74) is 1.70. The number of rotatable bonds is 3. The maximum Gasteiger partial charge on any atom is 0.330 e. The van der Waals surface area contributed by atoms with E-state index in [2.05, 4.69) is 9.97 Å². The molecule has 0 aliphatic carbocycles. The van der Waals surface area contributed by atoms with Gasteiger partial charge in [0, 0.05) is 36.1 Å². The quantitative estimate of drug-likeness (QED) is 0.875. The summed E-state index contributed by atoms with van der Waals surface area (Å²) in [5, 5.41) is 0.648. The van der Waals surface area contributed by atoms with Gasteiger partial charge in [0.1, 0.15) is 5.82 Å². The molecule has 3 heterocycles. The number of nitrogens with zero attached hydrogens (tertiary/aromatic N) is 4. The topological polar surface area (TPSA) is 49.3 Å². The van der Waals surface area contributed by atoms with Crippen LogP contribution in [-0.2, 0) is 6.42 Å². The van der Waals surface area contributed by atoms with Crippen molar-refractivity contribution < 1.29 is 4.79 Å². The van der Waals surface area contributed by atoms with E-state index in [1.807, 2.05) is 19.1 Å². The summed E-state index contributed by atoms with van der Waals surface area (Å²) < 4.78 is 0. The van der Waals surface area contributed by atoms with E-state index in [4.69, 9.17) is 11.6 Å². The number of pyridine rings is 2. The number of carbonyl (C=O) groups is 1. The SMILES string of the molecule is CCc1c(Cl)ccnc1N1CCN(c2cccnc2)C1=O. The Bertz CT molecular complexity index is 662. The highest BCUT2D eigenvalue weighted by Crippen LogP contribution is 2.29. The fraction of sp³-hybridized carbons (Fsp3) is 0.267. The molecule has 0 bridgehead atoms. The zero-order chi connectivity index (χ0) is 14.8. The van der Waals surface area contributed by atoms with Crippen LogP contribution in [0.1, 0.15) is 12.5 Å². The molecule has 0 saturated carbocycles. The minimum atomic E-state index is -0.0903. The van der Waals surface area contributed by atoms with Gasteiger partial charge in [0.15, 0.2) is 0 Å². The molecule has 0 atom stereocenters. The van der Waals surface area contributed by atoms with Crippen molar-refractivity contribution in [1.29, 1.82) is 0 Å². The molecule has 2 amide bonds. The van der Waals surface area contributed by atoms with Gasteiger partial charge in [-0.3, -0.25) is 14.8 Å². The van der Waals surface area contributed by atoms with Gasteiger partial charge < -0.3 is 0 Å². The normalized spacial score (nSPS) is 14.9. The van der Waals surface area contributed by atoms with Crippen LogP contribution in [0.3, 0.4) is 0 Å². The highest BCUT2D eigenvalue weighted by Gasteiger charge is 2.32. The number of urea groups is 1. The molecule has 0 radical (unpaired) electrons. The largest absolute Gasteiger partial charge is 0.330 e. The van der Waals surface area contributed by atoms with Crippen molar-refractivity contribution in [3.63, 3.8) is 0 Å². The predicted octanol–water partition coefficient (Wildman–Crippen LogP) is 3.14. The van der Waals surface area contributed by atoms with Crippen molar-refractivity contribution in [3.8, 4) is 0 Å². The lowest BCUT2D eigenvalue weighted by atomic mass is 10.2. The fourth-order valence-electron chi connectivity index (χ4n) is 2.50. The number of hydrogen-bond donors (Lipinski definition) is 0. The Morgan fingerprint density at radius 2 is 2.05 bits per heavy atom. The van der Waals surface area contributed by atoms with Gasteiger partial charge in [0.25, 0.3) is 0 Å². The van der Waals surface area contributed by atoms with E-state index in [1.165, 1.54) is 0 Å². The first-order valence-corrected chi connectivity index (χ1v) is 7.22. The lowest BCUT2D eigenvalue weighted by Crippen LogP contribution is -2.32. The summed E-state index contributed by atoms with van der Waals surface area (Å²) in [5.74, 6) is 0.654. The van der Waals surface area contributed by atoms with Crippen LogP contribution in [-0.4, -0.2) is 29.1 Å². The minimum Gasteiger partial charge on any atom is -0.291 e. The van der Waals surface area contributed by atoms with Crippen molar-refractivity contribution in [2.45, 2.75) is 13.3 Å². The first-order valence-electron chi connectivity index (χ1n) is 6.84. The van der Waals surface area contributed by atoms with E-state index in [1.54, 1.807) is 34.5 Å². The molecule has 5 nitrogen and oxygen atoms in total. The minimum absolute atomic E-state index is 0.0903. The fourth-order valence-corrected chi connectivity index (χ4v) is 2.78. The molecule has 1 saturated heterocycles. The molecule has 0 N–H and O–H groups in total. The summed E-state index contributed by atoms with van der Waals surface area (Å²) in [6.07, 6.45) is 5.75. The standard InChI is InChI=1S/C15H15ClN4O/c1-2-12-13(16)5-7-18-14(12)20-9-8-19(15(20)21)11-4-3-6-17-10-11/h3-7,10H,2,8-9H2,1H3. The Labute approximate surface area is 128 Å². The zero-order valence-electron chi connectivity index (χ0n) is 11.7. The number of anilines is 2. The average Bonchev–Trinajstić information content (AvgIpc) is 2.89. The second kappa shape index (κ2) is 5.69. The van der Waals surface area contributed by atoms with Crippen LogP contribution in [0.15, 0.2) is 36.8 Å². The summed E-state index contributed by atoms with van der Waals surface area (Å²) in [7, 11) is 0. The summed E-state index contributed by atoms with van der Waals surface area (Å²) in [4.78, 5) is 24.4. The molecule has 1 aliphatic heterocycles. The monoisotopic (exact) mass is 302 g/mol. The molecule has 0 spiro atoms. The summed E-state index contributed by atoms with van der Waals surface area (Å²) in [6, 6.07) is 5.36. The first kappa shape index (κ1) is 13.8. The van der Waals surface area contributed by atoms with E-state index in [-0.39, 0.29) is 6.03 Å². The van der Waals surface area contributed by atoms with Gasteiger partial charge >= 0.3 is 6.03 Å². The van der Waals surface area contributed by atoms with Crippen LogP contribution in [0.2, 0.25) is 5.02 Å².